The van der Waals surface area contributed by atoms with E-state index in [-0.39, 0.29) is 24.4 Å². The fraction of sp³-hybridized carbons (Fsp3) is 0.357. The van der Waals surface area contributed by atoms with Crippen molar-refractivity contribution in [1.82, 2.24) is 0 Å². The molecule has 0 saturated carbocycles. The second-order valence-electron chi connectivity index (χ2n) is 8.66. The van der Waals surface area contributed by atoms with Crippen molar-refractivity contribution in [3.8, 4) is 11.5 Å². The van der Waals surface area contributed by atoms with E-state index in [1.165, 1.54) is 5.56 Å². The van der Waals surface area contributed by atoms with Crippen molar-refractivity contribution < 1.29 is 23.7 Å². The third kappa shape index (κ3) is 5.38. The van der Waals surface area contributed by atoms with Crippen molar-refractivity contribution in [3.63, 3.8) is 0 Å². The summed E-state index contributed by atoms with van der Waals surface area (Å²) in [4.78, 5) is 0. The third-order valence-corrected chi connectivity index (χ3v) is 6.34. The standard InChI is InChI=1S/C28H30O5/c1-29-23-13-12-22-14-25-27(31-18-21-10-6-3-7-11-21)16-24(32-28(25)33-26(22)15-23)19-30-17-20-8-4-2-5-9-20/h2-13,15,24-25,27-28H,14,16-19H2,1H3. The van der Waals surface area contributed by atoms with E-state index in [4.69, 9.17) is 23.7 Å². The van der Waals surface area contributed by atoms with Crippen LogP contribution in [0.25, 0.3) is 0 Å². The normalized spacial score (nSPS) is 23.8. The van der Waals surface area contributed by atoms with Crippen LogP contribution in [0.4, 0.5) is 0 Å². The van der Waals surface area contributed by atoms with Crippen LogP contribution in [0.3, 0.4) is 0 Å². The van der Waals surface area contributed by atoms with Crippen LogP contribution in [-0.2, 0) is 33.8 Å². The van der Waals surface area contributed by atoms with Crippen molar-refractivity contribution in [2.24, 2.45) is 5.92 Å². The summed E-state index contributed by atoms with van der Waals surface area (Å²) in [6, 6.07) is 26.5. The van der Waals surface area contributed by atoms with Gasteiger partial charge in [-0.25, -0.2) is 0 Å². The summed E-state index contributed by atoms with van der Waals surface area (Å²) < 4.78 is 30.5. The van der Waals surface area contributed by atoms with Gasteiger partial charge in [0.2, 0.25) is 6.29 Å². The van der Waals surface area contributed by atoms with Crippen molar-refractivity contribution >= 4 is 0 Å². The van der Waals surface area contributed by atoms with Gasteiger partial charge in [-0.3, -0.25) is 0 Å². The van der Waals surface area contributed by atoms with Crippen molar-refractivity contribution in [2.75, 3.05) is 13.7 Å². The second kappa shape index (κ2) is 10.4. The number of ether oxygens (including phenoxy) is 5. The van der Waals surface area contributed by atoms with Gasteiger partial charge in [-0.15, -0.1) is 0 Å². The molecule has 0 radical (unpaired) electrons. The Morgan fingerprint density at radius 2 is 1.61 bits per heavy atom. The lowest BCUT2D eigenvalue weighted by molar-refractivity contribution is -0.238. The van der Waals surface area contributed by atoms with E-state index in [2.05, 4.69) is 30.3 Å². The Morgan fingerprint density at radius 3 is 2.33 bits per heavy atom. The Labute approximate surface area is 195 Å². The Balaban J connectivity index is 1.28. The molecule has 172 valence electrons. The van der Waals surface area contributed by atoms with Gasteiger partial charge < -0.3 is 23.7 Å². The zero-order chi connectivity index (χ0) is 22.5. The molecule has 0 N–H and O–H groups in total. The molecule has 0 aromatic heterocycles. The highest BCUT2D eigenvalue weighted by Crippen LogP contribution is 2.40. The van der Waals surface area contributed by atoms with E-state index in [1.54, 1.807) is 7.11 Å². The molecule has 0 spiro atoms. The molecule has 2 aliphatic rings. The summed E-state index contributed by atoms with van der Waals surface area (Å²) >= 11 is 0. The molecule has 4 unspecified atom stereocenters. The van der Waals surface area contributed by atoms with Crippen molar-refractivity contribution in [1.29, 1.82) is 0 Å². The van der Waals surface area contributed by atoms with Crippen LogP contribution < -0.4 is 9.47 Å². The summed E-state index contributed by atoms with van der Waals surface area (Å²) in [5.41, 5.74) is 3.48. The summed E-state index contributed by atoms with van der Waals surface area (Å²) in [5.74, 6) is 1.73. The van der Waals surface area contributed by atoms with Gasteiger partial charge in [-0.2, -0.15) is 0 Å². The van der Waals surface area contributed by atoms with E-state index >= 15 is 0 Å². The first-order valence-electron chi connectivity index (χ1n) is 11.5. The Hall–Kier alpha value is -2.86. The second-order valence-corrected chi connectivity index (χ2v) is 8.66. The zero-order valence-electron chi connectivity index (χ0n) is 18.9. The SMILES string of the molecule is COc1ccc2c(c1)OC1OC(COCc3ccccc3)CC(OCc3ccccc3)C1C2. The van der Waals surface area contributed by atoms with Crippen LogP contribution >= 0.6 is 0 Å². The Morgan fingerprint density at radius 1 is 0.879 bits per heavy atom. The van der Waals surface area contributed by atoms with Gasteiger partial charge in [-0.1, -0.05) is 66.7 Å². The average Bonchev–Trinajstić information content (AvgIpc) is 2.87. The molecule has 2 aliphatic heterocycles. The number of hydrogen-bond donors (Lipinski definition) is 0. The molecule has 3 aromatic carbocycles. The molecule has 0 bridgehead atoms. The molecule has 33 heavy (non-hydrogen) atoms. The van der Waals surface area contributed by atoms with Crippen LogP contribution in [-0.4, -0.2) is 32.2 Å². The number of hydrogen-bond acceptors (Lipinski definition) is 5. The monoisotopic (exact) mass is 446 g/mol. The fourth-order valence-electron chi connectivity index (χ4n) is 4.58. The minimum Gasteiger partial charge on any atom is -0.497 e. The summed E-state index contributed by atoms with van der Waals surface area (Å²) in [5, 5.41) is 0. The summed E-state index contributed by atoms with van der Waals surface area (Å²) in [7, 11) is 1.66. The largest absolute Gasteiger partial charge is 0.497 e. The summed E-state index contributed by atoms with van der Waals surface area (Å²) in [6.45, 7) is 1.63. The van der Waals surface area contributed by atoms with Gasteiger partial charge >= 0.3 is 0 Å². The molecule has 5 rings (SSSR count). The lowest BCUT2D eigenvalue weighted by Crippen LogP contribution is -2.51. The average molecular weight is 447 g/mol. The van der Waals surface area contributed by atoms with Gasteiger partial charge in [0.15, 0.2) is 0 Å². The van der Waals surface area contributed by atoms with Gasteiger partial charge in [-0.05, 0) is 29.2 Å². The minimum atomic E-state index is -0.371. The quantitative estimate of drug-likeness (QED) is 0.478. The smallest absolute Gasteiger partial charge is 0.205 e. The van der Waals surface area contributed by atoms with Gasteiger partial charge in [0, 0.05) is 12.5 Å². The molecule has 0 aliphatic carbocycles. The van der Waals surface area contributed by atoms with Crippen LogP contribution in [0, 0.1) is 5.92 Å². The maximum atomic E-state index is 6.45. The van der Waals surface area contributed by atoms with E-state index in [0.29, 0.717) is 19.8 Å². The Bertz CT molecular complexity index is 1020. The topological polar surface area (TPSA) is 46.2 Å². The molecular weight excluding hydrogens is 416 g/mol. The number of benzene rings is 3. The van der Waals surface area contributed by atoms with Crippen molar-refractivity contribution in [3.05, 3.63) is 95.6 Å². The molecule has 1 saturated heterocycles. The molecule has 4 atom stereocenters. The first-order valence-corrected chi connectivity index (χ1v) is 11.5. The molecule has 5 nitrogen and oxygen atoms in total. The van der Waals surface area contributed by atoms with E-state index in [0.717, 1.165) is 35.5 Å². The van der Waals surface area contributed by atoms with Gasteiger partial charge in [0.1, 0.15) is 11.5 Å². The van der Waals surface area contributed by atoms with Crippen LogP contribution in [0.2, 0.25) is 0 Å². The molecule has 1 fully saturated rings. The highest BCUT2D eigenvalue weighted by atomic mass is 16.7. The fourth-order valence-corrected chi connectivity index (χ4v) is 4.58. The minimum absolute atomic E-state index is 0.0181. The molecular formula is C28H30O5. The number of fused-ring (bicyclic) bond motifs is 2. The maximum Gasteiger partial charge on any atom is 0.205 e. The first-order chi connectivity index (χ1) is 16.3. The highest BCUT2D eigenvalue weighted by Gasteiger charge is 2.44. The maximum absolute atomic E-state index is 6.45. The highest BCUT2D eigenvalue weighted by molar-refractivity contribution is 5.42. The number of rotatable bonds is 8. The van der Waals surface area contributed by atoms with E-state index in [9.17, 15) is 0 Å². The molecule has 3 aromatic rings. The molecule has 2 heterocycles. The van der Waals surface area contributed by atoms with E-state index < -0.39 is 0 Å². The van der Waals surface area contributed by atoms with Gasteiger partial charge in [0.25, 0.3) is 0 Å². The lowest BCUT2D eigenvalue weighted by atomic mass is 9.85. The number of methoxy groups -OCH3 is 1. The van der Waals surface area contributed by atoms with Gasteiger partial charge in [0.05, 0.1) is 45.1 Å². The molecule has 5 heteroatoms. The van der Waals surface area contributed by atoms with Crippen LogP contribution in [0.5, 0.6) is 11.5 Å². The zero-order valence-corrected chi connectivity index (χ0v) is 18.9. The predicted octanol–water partition coefficient (Wildman–Crippen LogP) is 5.16. The van der Waals surface area contributed by atoms with Crippen LogP contribution in [0.1, 0.15) is 23.1 Å². The summed E-state index contributed by atoms with van der Waals surface area (Å²) in [6.07, 6.45) is 1.18. The Kier molecular flexibility index (Phi) is 6.91. The third-order valence-electron chi connectivity index (χ3n) is 6.34. The van der Waals surface area contributed by atoms with E-state index in [1.807, 2.05) is 48.5 Å². The van der Waals surface area contributed by atoms with Crippen LogP contribution in [0.15, 0.2) is 78.9 Å². The predicted molar refractivity (Wildman–Crippen MR) is 125 cm³/mol. The molecule has 0 amide bonds. The lowest BCUT2D eigenvalue weighted by Gasteiger charge is -2.44. The first kappa shape index (κ1) is 22.0. The van der Waals surface area contributed by atoms with Crippen molar-refractivity contribution in [2.45, 2.75) is 44.6 Å².